The van der Waals surface area contributed by atoms with Gasteiger partial charge in [-0.2, -0.15) is 0 Å². The molecule has 5 rings (SSSR count). The van der Waals surface area contributed by atoms with Crippen molar-refractivity contribution in [2.75, 3.05) is 7.11 Å². The van der Waals surface area contributed by atoms with Gasteiger partial charge in [0.2, 0.25) is 5.91 Å². The lowest BCUT2D eigenvalue weighted by atomic mass is 9.85. The lowest BCUT2D eigenvalue weighted by Crippen LogP contribution is -2.53. The van der Waals surface area contributed by atoms with Gasteiger partial charge in [0.15, 0.2) is 0 Å². The van der Waals surface area contributed by atoms with Gasteiger partial charge in [-0.15, -0.1) is 0 Å². The number of carbonyl (C=O) groups excluding carboxylic acids is 2. The fourth-order valence-electron chi connectivity index (χ4n) is 5.28. The van der Waals surface area contributed by atoms with Crippen molar-refractivity contribution in [1.29, 1.82) is 0 Å². The summed E-state index contributed by atoms with van der Waals surface area (Å²) < 4.78 is 11.3. The Balaban J connectivity index is 1.55. The Morgan fingerprint density at radius 1 is 0.919 bits per heavy atom. The van der Waals surface area contributed by atoms with Crippen LogP contribution in [0.4, 0.5) is 0 Å². The van der Waals surface area contributed by atoms with Crippen LogP contribution in [-0.4, -0.2) is 42.1 Å². The largest absolute Gasteiger partial charge is 0.469 e. The number of carbonyl (C=O) groups is 2. The summed E-state index contributed by atoms with van der Waals surface area (Å²) in [5.41, 5.74) is 2.80. The number of nitrogens with one attached hydrogen (secondary N) is 1. The number of amides is 1. The summed E-state index contributed by atoms with van der Waals surface area (Å²) in [4.78, 5) is 29.0. The Labute approximate surface area is 221 Å². The highest BCUT2D eigenvalue weighted by Crippen LogP contribution is 2.42. The van der Waals surface area contributed by atoms with Crippen LogP contribution in [0.5, 0.6) is 0 Å². The van der Waals surface area contributed by atoms with Crippen molar-refractivity contribution in [3.8, 4) is 0 Å². The molecule has 2 aliphatic heterocycles. The number of nitrogens with zero attached hydrogens (tertiary/aromatic N) is 1. The average molecular weight is 517 g/mol. The van der Waals surface area contributed by atoms with E-state index in [0.717, 1.165) is 16.7 Å². The van der Waals surface area contributed by atoms with Crippen LogP contribution in [0.25, 0.3) is 0 Å². The molecule has 1 amide bonds. The van der Waals surface area contributed by atoms with Crippen molar-refractivity contribution in [3.63, 3.8) is 0 Å². The summed E-state index contributed by atoms with van der Waals surface area (Å²) in [5, 5.41) is 3.70. The van der Waals surface area contributed by atoms with Gasteiger partial charge in [-0.25, -0.2) is 0 Å². The second kappa shape index (κ2) is 11.3. The predicted molar refractivity (Wildman–Crippen MR) is 142 cm³/mol. The Morgan fingerprint density at radius 3 is 2.19 bits per heavy atom. The molecule has 2 bridgehead atoms. The Morgan fingerprint density at radius 2 is 1.54 bits per heavy atom. The summed E-state index contributed by atoms with van der Waals surface area (Å²) in [6.45, 7) is 0.821. The number of rotatable bonds is 9. The van der Waals surface area contributed by atoms with E-state index in [2.05, 4.69) is 10.2 Å². The van der Waals surface area contributed by atoms with Crippen molar-refractivity contribution < 1.29 is 19.1 Å². The monoisotopic (exact) mass is 516 g/mol. The van der Waals surface area contributed by atoms with Crippen molar-refractivity contribution in [1.82, 2.24) is 10.2 Å². The molecule has 1 fully saturated rings. The van der Waals surface area contributed by atoms with Crippen LogP contribution in [-0.2, 0) is 32.2 Å². The number of halogens is 1. The molecule has 37 heavy (non-hydrogen) atoms. The molecule has 0 radical (unpaired) electrons. The van der Waals surface area contributed by atoms with E-state index in [-0.39, 0.29) is 24.1 Å². The van der Waals surface area contributed by atoms with Crippen molar-refractivity contribution >= 4 is 23.5 Å². The third-order valence-corrected chi connectivity index (χ3v) is 7.25. The minimum Gasteiger partial charge on any atom is -0.469 e. The Bertz CT molecular complexity index is 1250. The first-order valence-electron chi connectivity index (χ1n) is 12.3. The smallest absolute Gasteiger partial charge is 0.313 e. The van der Waals surface area contributed by atoms with Crippen LogP contribution in [0, 0.1) is 5.92 Å². The molecular formula is C30H29ClN2O4. The zero-order valence-corrected chi connectivity index (χ0v) is 21.3. The number of hydrogen-bond donors (Lipinski definition) is 1. The molecule has 3 aromatic carbocycles. The van der Waals surface area contributed by atoms with E-state index in [0.29, 0.717) is 18.1 Å². The van der Waals surface area contributed by atoms with Crippen LogP contribution in [0.2, 0.25) is 5.02 Å². The zero-order chi connectivity index (χ0) is 25.8. The van der Waals surface area contributed by atoms with Crippen LogP contribution in [0.15, 0.2) is 97.1 Å². The summed E-state index contributed by atoms with van der Waals surface area (Å²) in [6, 6.07) is 25.9. The zero-order valence-electron chi connectivity index (χ0n) is 20.5. The number of fused-ring (bicyclic) bond motifs is 2. The normalized spacial score (nSPS) is 22.7. The fourth-order valence-corrected chi connectivity index (χ4v) is 5.40. The quantitative estimate of drug-likeness (QED) is 0.330. The van der Waals surface area contributed by atoms with E-state index in [4.69, 9.17) is 21.1 Å². The average Bonchev–Trinajstić information content (AvgIpc) is 3.55. The fraction of sp³-hybridized carbons (Fsp3) is 0.267. The summed E-state index contributed by atoms with van der Waals surface area (Å²) >= 11 is 6.20. The summed E-state index contributed by atoms with van der Waals surface area (Å²) in [7, 11) is 1.39. The van der Waals surface area contributed by atoms with Crippen LogP contribution >= 0.6 is 11.6 Å². The highest BCUT2D eigenvalue weighted by Gasteiger charge is 2.54. The standard InChI is InChI=1S/C30H29ClN2O4/c1-36-30(35)26-24-16-17-25(37-24)28(26)33(19-21-10-6-3-7-11-21)27(22-12-14-23(31)15-13-22)29(34)32-18-20-8-4-2-5-9-20/h2-17,24-28H,18-19H2,1H3,(H,32,34)/t24-,25+,26+,27+,28+/m1/s1. The number of esters is 1. The lowest BCUT2D eigenvalue weighted by Gasteiger charge is -2.40. The van der Waals surface area contributed by atoms with Gasteiger partial charge in [-0.3, -0.25) is 14.5 Å². The predicted octanol–water partition coefficient (Wildman–Crippen LogP) is 4.69. The second-order valence-corrected chi connectivity index (χ2v) is 9.74. The molecule has 1 N–H and O–H groups in total. The van der Waals surface area contributed by atoms with Gasteiger partial charge >= 0.3 is 5.97 Å². The molecule has 0 saturated carbocycles. The van der Waals surface area contributed by atoms with Gasteiger partial charge in [-0.1, -0.05) is 96.5 Å². The molecule has 0 aromatic heterocycles. The summed E-state index contributed by atoms with van der Waals surface area (Å²) in [6.07, 6.45) is 3.16. The van der Waals surface area contributed by atoms with Crippen molar-refractivity contribution in [3.05, 3.63) is 119 Å². The van der Waals surface area contributed by atoms with E-state index in [1.807, 2.05) is 84.9 Å². The second-order valence-electron chi connectivity index (χ2n) is 9.31. The highest BCUT2D eigenvalue weighted by molar-refractivity contribution is 6.30. The van der Waals surface area contributed by atoms with Gasteiger partial charge < -0.3 is 14.8 Å². The Hall–Kier alpha value is -3.45. The molecule has 1 saturated heterocycles. The highest BCUT2D eigenvalue weighted by atomic mass is 35.5. The number of ether oxygens (including phenoxy) is 2. The van der Waals surface area contributed by atoms with E-state index in [1.54, 1.807) is 12.1 Å². The summed E-state index contributed by atoms with van der Waals surface area (Å²) in [5.74, 6) is -1.07. The maximum absolute atomic E-state index is 14.0. The lowest BCUT2D eigenvalue weighted by molar-refractivity contribution is -0.149. The molecule has 2 aliphatic rings. The molecule has 0 unspecified atom stereocenters. The number of hydrogen-bond acceptors (Lipinski definition) is 5. The number of benzene rings is 3. The molecule has 0 aliphatic carbocycles. The van der Waals surface area contributed by atoms with Gasteiger partial charge in [0.05, 0.1) is 25.4 Å². The minimum atomic E-state index is -0.699. The first-order chi connectivity index (χ1) is 18.0. The SMILES string of the molecule is COC(=O)[C@@H]1[C@@H](N(Cc2ccccc2)[C@H](C(=O)NCc2ccccc2)c2ccc(Cl)cc2)[C@@H]2C=C[C@H]1O2. The maximum atomic E-state index is 14.0. The minimum absolute atomic E-state index is 0.169. The molecule has 5 atom stereocenters. The molecule has 6 nitrogen and oxygen atoms in total. The van der Waals surface area contributed by atoms with E-state index < -0.39 is 18.0 Å². The van der Waals surface area contributed by atoms with E-state index in [9.17, 15) is 9.59 Å². The maximum Gasteiger partial charge on any atom is 0.313 e. The third kappa shape index (κ3) is 5.47. The van der Waals surface area contributed by atoms with Crippen molar-refractivity contribution in [2.24, 2.45) is 5.92 Å². The van der Waals surface area contributed by atoms with Crippen molar-refractivity contribution in [2.45, 2.75) is 37.4 Å². The van der Waals surface area contributed by atoms with Crippen LogP contribution in [0.1, 0.15) is 22.7 Å². The van der Waals surface area contributed by atoms with Crippen LogP contribution in [0.3, 0.4) is 0 Å². The van der Waals surface area contributed by atoms with Gasteiger partial charge in [0.1, 0.15) is 12.0 Å². The Kier molecular flexibility index (Phi) is 7.70. The first kappa shape index (κ1) is 25.2. The van der Waals surface area contributed by atoms with Crippen LogP contribution < -0.4 is 5.32 Å². The van der Waals surface area contributed by atoms with E-state index in [1.165, 1.54) is 7.11 Å². The van der Waals surface area contributed by atoms with Gasteiger partial charge in [0, 0.05) is 18.1 Å². The van der Waals surface area contributed by atoms with Gasteiger partial charge in [-0.05, 0) is 28.8 Å². The molecule has 0 spiro atoms. The molecular weight excluding hydrogens is 488 g/mol. The topological polar surface area (TPSA) is 67.9 Å². The molecule has 7 heteroatoms. The third-order valence-electron chi connectivity index (χ3n) is 7.00. The van der Waals surface area contributed by atoms with E-state index >= 15 is 0 Å². The molecule has 190 valence electrons. The van der Waals surface area contributed by atoms with Gasteiger partial charge in [0.25, 0.3) is 0 Å². The number of methoxy groups -OCH3 is 1. The molecule has 2 heterocycles. The first-order valence-corrected chi connectivity index (χ1v) is 12.7. The molecule has 3 aromatic rings.